The average Bonchev–Trinajstić information content (AvgIpc) is 2.66. The molecular weight excluding hydrogens is 234 g/mol. The normalized spacial score (nSPS) is 11.0. The van der Waals surface area contributed by atoms with Gasteiger partial charge in [-0.2, -0.15) is 5.10 Å². The van der Waals surface area contributed by atoms with E-state index in [-0.39, 0.29) is 0 Å². The minimum Gasteiger partial charge on any atom is -0.318 e. The lowest BCUT2D eigenvalue weighted by Crippen LogP contribution is -2.16. The lowest BCUT2D eigenvalue weighted by Gasteiger charge is -2.10. The fourth-order valence-corrected chi connectivity index (χ4v) is 2.54. The molecule has 1 N–H and O–H groups in total. The SMILES string of the molecule is CNCCn1nc(C)c(-c2cccc(C)c2C)c1C. The molecule has 0 aliphatic carbocycles. The van der Waals surface area contributed by atoms with E-state index >= 15 is 0 Å². The van der Waals surface area contributed by atoms with Crippen molar-refractivity contribution < 1.29 is 0 Å². The molecule has 0 radical (unpaired) electrons. The maximum atomic E-state index is 4.67. The molecule has 3 heteroatoms. The van der Waals surface area contributed by atoms with Crippen LogP contribution in [-0.4, -0.2) is 23.4 Å². The Morgan fingerprint density at radius 1 is 1.16 bits per heavy atom. The van der Waals surface area contributed by atoms with Gasteiger partial charge in [-0.1, -0.05) is 18.2 Å². The van der Waals surface area contributed by atoms with Crippen LogP contribution in [0.4, 0.5) is 0 Å². The summed E-state index contributed by atoms with van der Waals surface area (Å²) in [6, 6.07) is 6.48. The summed E-state index contributed by atoms with van der Waals surface area (Å²) in [7, 11) is 1.97. The second-order valence-electron chi connectivity index (χ2n) is 5.12. The van der Waals surface area contributed by atoms with Gasteiger partial charge in [-0.25, -0.2) is 0 Å². The second-order valence-corrected chi connectivity index (χ2v) is 5.12. The van der Waals surface area contributed by atoms with Crippen LogP contribution in [0.5, 0.6) is 0 Å². The summed E-state index contributed by atoms with van der Waals surface area (Å²) >= 11 is 0. The van der Waals surface area contributed by atoms with Gasteiger partial charge in [-0.05, 0) is 51.4 Å². The lowest BCUT2D eigenvalue weighted by molar-refractivity contribution is 0.569. The van der Waals surface area contributed by atoms with E-state index < -0.39 is 0 Å². The molecule has 3 nitrogen and oxygen atoms in total. The van der Waals surface area contributed by atoms with E-state index in [0.29, 0.717) is 0 Å². The van der Waals surface area contributed by atoms with E-state index in [9.17, 15) is 0 Å². The fraction of sp³-hybridized carbons (Fsp3) is 0.438. The summed E-state index contributed by atoms with van der Waals surface area (Å²) in [5, 5.41) is 7.84. The Morgan fingerprint density at radius 2 is 1.89 bits per heavy atom. The number of aryl methyl sites for hydroxylation is 2. The summed E-state index contributed by atoms with van der Waals surface area (Å²) in [5.74, 6) is 0. The number of likely N-dealkylation sites (N-methyl/N-ethyl adjacent to an activating group) is 1. The second kappa shape index (κ2) is 5.57. The van der Waals surface area contributed by atoms with Gasteiger partial charge in [0.25, 0.3) is 0 Å². The first kappa shape index (κ1) is 13.8. The van der Waals surface area contributed by atoms with Crippen LogP contribution in [0.3, 0.4) is 0 Å². The predicted octanol–water partition coefficient (Wildman–Crippen LogP) is 3.00. The molecule has 0 fully saturated rings. The standard InChI is InChI=1S/C16H23N3/c1-11-7-6-8-15(12(11)2)16-13(3)18-19(14(16)4)10-9-17-5/h6-8,17H,9-10H2,1-5H3. The summed E-state index contributed by atoms with van der Waals surface area (Å²) in [6.45, 7) is 10.5. The molecule has 2 aromatic rings. The number of nitrogens with zero attached hydrogens (tertiary/aromatic N) is 2. The van der Waals surface area contributed by atoms with Crippen LogP contribution in [0.25, 0.3) is 11.1 Å². The molecule has 0 saturated heterocycles. The molecule has 19 heavy (non-hydrogen) atoms. The van der Waals surface area contributed by atoms with E-state index in [1.165, 1.54) is 27.9 Å². The quantitative estimate of drug-likeness (QED) is 0.912. The number of benzene rings is 1. The number of hydrogen-bond donors (Lipinski definition) is 1. The molecule has 0 spiro atoms. The largest absolute Gasteiger partial charge is 0.318 e. The molecule has 102 valence electrons. The molecule has 0 aliphatic rings. The first-order valence-electron chi connectivity index (χ1n) is 6.81. The number of nitrogens with one attached hydrogen (secondary N) is 1. The molecule has 0 aliphatic heterocycles. The van der Waals surface area contributed by atoms with Crippen LogP contribution in [0.2, 0.25) is 0 Å². The monoisotopic (exact) mass is 257 g/mol. The maximum Gasteiger partial charge on any atom is 0.0675 e. The van der Waals surface area contributed by atoms with Crippen molar-refractivity contribution in [1.82, 2.24) is 15.1 Å². The van der Waals surface area contributed by atoms with Gasteiger partial charge in [0.2, 0.25) is 0 Å². The van der Waals surface area contributed by atoms with E-state index in [0.717, 1.165) is 18.8 Å². The minimum atomic E-state index is 0.911. The molecule has 0 atom stereocenters. The molecule has 0 amide bonds. The molecule has 0 saturated carbocycles. The zero-order valence-electron chi connectivity index (χ0n) is 12.5. The smallest absolute Gasteiger partial charge is 0.0675 e. The third-order valence-corrected chi connectivity index (χ3v) is 3.83. The van der Waals surface area contributed by atoms with Crippen LogP contribution in [0.15, 0.2) is 18.2 Å². The zero-order valence-corrected chi connectivity index (χ0v) is 12.5. The van der Waals surface area contributed by atoms with Crippen LogP contribution in [-0.2, 0) is 6.54 Å². The first-order valence-corrected chi connectivity index (χ1v) is 6.81. The third-order valence-electron chi connectivity index (χ3n) is 3.83. The van der Waals surface area contributed by atoms with Crippen molar-refractivity contribution in [2.75, 3.05) is 13.6 Å². The van der Waals surface area contributed by atoms with Gasteiger partial charge in [-0.15, -0.1) is 0 Å². The Balaban J connectivity index is 2.50. The molecule has 0 unspecified atom stereocenters. The van der Waals surface area contributed by atoms with E-state index in [1.54, 1.807) is 0 Å². The van der Waals surface area contributed by atoms with Crippen molar-refractivity contribution in [3.05, 3.63) is 40.7 Å². The van der Waals surface area contributed by atoms with Crippen LogP contribution < -0.4 is 5.32 Å². The van der Waals surface area contributed by atoms with Crippen molar-refractivity contribution in [2.45, 2.75) is 34.2 Å². The fourth-order valence-electron chi connectivity index (χ4n) is 2.54. The molecule has 2 rings (SSSR count). The van der Waals surface area contributed by atoms with Gasteiger partial charge in [-0.3, -0.25) is 4.68 Å². The maximum absolute atomic E-state index is 4.67. The topological polar surface area (TPSA) is 29.9 Å². The molecule has 0 bridgehead atoms. The Morgan fingerprint density at radius 3 is 2.58 bits per heavy atom. The number of rotatable bonds is 4. The Kier molecular flexibility index (Phi) is 4.05. The van der Waals surface area contributed by atoms with E-state index in [1.807, 2.05) is 7.05 Å². The third kappa shape index (κ3) is 2.56. The highest BCUT2D eigenvalue weighted by Gasteiger charge is 2.15. The van der Waals surface area contributed by atoms with Gasteiger partial charge >= 0.3 is 0 Å². The predicted molar refractivity (Wildman–Crippen MR) is 80.5 cm³/mol. The van der Waals surface area contributed by atoms with Gasteiger partial charge in [0.05, 0.1) is 12.2 Å². The Bertz CT molecular complexity index is 582. The highest BCUT2D eigenvalue weighted by molar-refractivity contribution is 5.72. The summed E-state index contributed by atoms with van der Waals surface area (Å²) in [4.78, 5) is 0. The van der Waals surface area contributed by atoms with Crippen LogP contribution >= 0.6 is 0 Å². The lowest BCUT2D eigenvalue weighted by atomic mass is 9.96. The first-order chi connectivity index (χ1) is 9.06. The van der Waals surface area contributed by atoms with Gasteiger partial charge in [0.1, 0.15) is 0 Å². The highest BCUT2D eigenvalue weighted by atomic mass is 15.3. The molecule has 1 heterocycles. The molecule has 1 aromatic heterocycles. The van der Waals surface area contributed by atoms with Crippen LogP contribution in [0, 0.1) is 27.7 Å². The van der Waals surface area contributed by atoms with Crippen molar-refractivity contribution >= 4 is 0 Å². The van der Waals surface area contributed by atoms with Gasteiger partial charge in [0, 0.05) is 17.8 Å². The summed E-state index contributed by atoms with van der Waals surface area (Å²) < 4.78 is 2.10. The number of aromatic nitrogens is 2. The molecular formula is C16H23N3. The van der Waals surface area contributed by atoms with E-state index in [4.69, 9.17) is 0 Å². The molecule has 1 aromatic carbocycles. The highest BCUT2D eigenvalue weighted by Crippen LogP contribution is 2.30. The van der Waals surface area contributed by atoms with Gasteiger partial charge < -0.3 is 5.32 Å². The van der Waals surface area contributed by atoms with Crippen molar-refractivity contribution in [3.63, 3.8) is 0 Å². The number of hydrogen-bond acceptors (Lipinski definition) is 2. The minimum absolute atomic E-state index is 0.911. The Labute approximate surface area is 115 Å². The summed E-state index contributed by atoms with van der Waals surface area (Å²) in [5.41, 5.74) is 7.65. The van der Waals surface area contributed by atoms with Crippen LogP contribution in [0.1, 0.15) is 22.5 Å². The Hall–Kier alpha value is -1.61. The van der Waals surface area contributed by atoms with Crippen molar-refractivity contribution in [1.29, 1.82) is 0 Å². The summed E-state index contributed by atoms with van der Waals surface area (Å²) in [6.07, 6.45) is 0. The van der Waals surface area contributed by atoms with Crippen molar-refractivity contribution in [2.24, 2.45) is 0 Å². The van der Waals surface area contributed by atoms with Gasteiger partial charge in [0.15, 0.2) is 0 Å². The zero-order chi connectivity index (χ0) is 14.0. The average molecular weight is 257 g/mol. The van der Waals surface area contributed by atoms with Crippen molar-refractivity contribution in [3.8, 4) is 11.1 Å². The van der Waals surface area contributed by atoms with E-state index in [2.05, 4.69) is 61.0 Å².